The normalized spacial score (nSPS) is 13.0. The van der Waals surface area contributed by atoms with Crippen molar-refractivity contribution in [1.82, 2.24) is 15.1 Å². The molecule has 4 rings (SSSR count). The summed E-state index contributed by atoms with van der Waals surface area (Å²) in [5.41, 5.74) is 3.13. The molecule has 0 unspecified atom stereocenters. The molecule has 3 aromatic rings. The number of aromatic nitrogens is 2. The van der Waals surface area contributed by atoms with E-state index in [1.807, 2.05) is 65.5 Å². The second-order valence-electron chi connectivity index (χ2n) is 7.16. The van der Waals surface area contributed by atoms with Crippen molar-refractivity contribution in [3.05, 3.63) is 78.1 Å². The van der Waals surface area contributed by atoms with Crippen LogP contribution in [0.2, 0.25) is 0 Å². The third kappa shape index (κ3) is 5.10. The van der Waals surface area contributed by atoms with Crippen LogP contribution < -0.4 is 10.2 Å². The highest BCUT2D eigenvalue weighted by Crippen LogP contribution is 2.34. The first-order chi connectivity index (χ1) is 14.7. The molecule has 2 heterocycles. The van der Waals surface area contributed by atoms with Crippen molar-refractivity contribution < 1.29 is 9.59 Å². The standard InChI is InChI=1S/C23H24N4O2S/c28-22(10-11-23(29)27-14-15-30-21-5-2-1-4-20(21)27)24-16-18-6-8-19(9-7-18)17-26-13-3-12-25-26/h1-9,12-13H,10-11,14-17H2,(H,24,28). The van der Waals surface area contributed by atoms with Crippen LogP contribution in [0.5, 0.6) is 0 Å². The maximum absolute atomic E-state index is 12.6. The summed E-state index contributed by atoms with van der Waals surface area (Å²) in [6, 6.07) is 17.9. The largest absolute Gasteiger partial charge is 0.352 e. The number of nitrogens with one attached hydrogen (secondary N) is 1. The molecule has 0 saturated carbocycles. The monoisotopic (exact) mass is 420 g/mol. The highest BCUT2D eigenvalue weighted by molar-refractivity contribution is 7.99. The van der Waals surface area contributed by atoms with Gasteiger partial charge in [-0.15, -0.1) is 11.8 Å². The minimum atomic E-state index is -0.108. The summed E-state index contributed by atoms with van der Waals surface area (Å²) in [4.78, 5) is 27.8. The van der Waals surface area contributed by atoms with Crippen LogP contribution in [0.25, 0.3) is 0 Å². The average molecular weight is 421 g/mol. The van der Waals surface area contributed by atoms with Crippen molar-refractivity contribution >= 4 is 29.3 Å². The van der Waals surface area contributed by atoms with E-state index in [9.17, 15) is 9.59 Å². The van der Waals surface area contributed by atoms with Crippen LogP contribution in [-0.4, -0.2) is 33.9 Å². The summed E-state index contributed by atoms with van der Waals surface area (Å²) in [5, 5.41) is 7.11. The maximum atomic E-state index is 12.6. The van der Waals surface area contributed by atoms with Crippen molar-refractivity contribution in [3.8, 4) is 0 Å². The minimum Gasteiger partial charge on any atom is -0.352 e. The van der Waals surface area contributed by atoms with Crippen molar-refractivity contribution in [3.63, 3.8) is 0 Å². The summed E-state index contributed by atoms with van der Waals surface area (Å²) in [5.74, 6) is 0.773. The highest BCUT2D eigenvalue weighted by Gasteiger charge is 2.22. The Morgan fingerprint density at radius 2 is 1.80 bits per heavy atom. The Balaban J connectivity index is 1.23. The molecule has 1 aliphatic heterocycles. The summed E-state index contributed by atoms with van der Waals surface area (Å²) in [7, 11) is 0. The summed E-state index contributed by atoms with van der Waals surface area (Å²) in [6.45, 7) is 1.87. The number of para-hydroxylation sites is 1. The number of carbonyl (C=O) groups is 2. The molecule has 0 atom stereocenters. The van der Waals surface area contributed by atoms with Crippen LogP contribution in [0.15, 0.2) is 71.9 Å². The lowest BCUT2D eigenvalue weighted by Crippen LogP contribution is -2.36. The molecule has 0 saturated heterocycles. The van der Waals surface area contributed by atoms with Crippen LogP contribution in [0.4, 0.5) is 5.69 Å². The Morgan fingerprint density at radius 3 is 2.60 bits per heavy atom. The fourth-order valence-electron chi connectivity index (χ4n) is 3.42. The Kier molecular flexibility index (Phi) is 6.49. The van der Waals surface area contributed by atoms with Gasteiger partial charge in [0.2, 0.25) is 11.8 Å². The van der Waals surface area contributed by atoms with Crippen LogP contribution in [0.3, 0.4) is 0 Å². The zero-order valence-electron chi connectivity index (χ0n) is 16.7. The van der Waals surface area contributed by atoms with Gasteiger partial charge >= 0.3 is 0 Å². The molecule has 0 spiro atoms. The van der Waals surface area contributed by atoms with Crippen LogP contribution in [0, 0.1) is 0 Å². The number of carbonyl (C=O) groups excluding carboxylic acids is 2. The maximum Gasteiger partial charge on any atom is 0.227 e. The zero-order chi connectivity index (χ0) is 20.8. The summed E-state index contributed by atoms with van der Waals surface area (Å²) >= 11 is 1.76. The molecular weight excluding hydrogens is 396 g/mol. The number of thioether (sulfide) groups is 1. The SMILES string of the molecule is O=C(CCC(=O)N1CCSc2ccccc21)NCc1ccc(Cn2cccn2)cc1. The van der Waals surface area contributed by atoms with Crippen molar-refractivity contribution in [2.45, 2.75) is 30.8 Å². The Hall–Kier alpha value is -3.06. The number of anilines is 1. The number of amides is 2. The first-order valence-corrected chi connectivity index (χ1v) is 11.0. The van der Waals surface area contributed by atoms with Crippen molar-refractivity contribution in [2.75, 3.05) is 17.2 Å². The van der Waals surface area contributed by atoms with Gasteiger partial charge in [-0.2, -0.15) is 5.10 Å². The van der Waals surface area contributed by atoms with Crippen LogP contribution >= 0.6 is 11.8 Å². The van der Waals surface area contributed by atoms with E-state index >= 15 is 0 Å². The Morgan fingerprint density at radius 1 is 1.00 bits per heavy atom. The first-order valence-electron chi connectivity index (χ1n) is 10.0. The molecular formula is C23H24N4O2S. The van der Waals surface area contributed by atoms with Gasteiger partial charge in [0.1, 0.15) is 0 Å². The predicted molar refractivity (Wildman–Crippen MR) is 118 cm³/mol. The lowest BCUT2D eigenvalue weighted by atomic mass is 10.1. The molecule has 1 aromatic heterocycles. The molecule has 0 bridgehead atoms. The van der Waals surface area contributed by atoms with E-state index in [0.29, 0.717) is 13.1 Å². The van der Waals surface area contributed by atoms with E-state index in [-0.39, 0.29) is 24.7 Å². The van der Waals surface area contributed by atoms with Gasteiger partial charge in [-0.05, 0) is 29.3 Å². The molecule has 30 heavy (non-hydrogen) atoms. The molecule has 154 valence electrons. The number of benzene rings is 2. The smallest absolute Gasteiger partial charge is 0.227 e. The van der Waals surface area contributed by atoms with Gasteiger partial charge in [-0.1, -0.05) is 36.4 Å². The molecule has 0 radical (unpaired) electrons. The van der Waals surface area contributed by atoms with E-state index in [1.165, 1.54) is 0 Å². The molecule has 6 nitrogen and oxygen atoms in total. The van der Waals surface area contributed by atoms with Gasteiger partial charge in [0, 0.05) is 49.0 Å². The fourth-order valence-corrected chi connectivity index (χ4v) is 4.41. The van der Waals surface area contributed by atoms with E-state index in [0.717, 1.165) is 34.0 Å². The fraction of sp³-hybridized carbons (Fsp3) is 0.261. The summed E-state index contributed by atoms with van der Waals surface area (Å²) in [6.07, 6.45) is 4.10. The van der Waals surface area contributed by atoms with Gasteiger partial charge in [0.05, 0.1) is 12.2 Å². The lowest BCUT2D eigenvalue weighted by molar-refractivity contribution is -0.125. The topological polar surface area (TPSA) is 67.2 Å². The minimum absolute atomic E-state index is 0.000810. The molecule has 0 fully saturated rings. The molecule has 1 N–H and O–H groups in total. The molecule has 0 aliphatic carbocycles. The van der Waals surface area contributed by atoms with Gasteiger partial charge in [-0.3, -0.25) is 14.3 Å². The van der Waals surface area contributed by atoms with E-state index in [1.54, 1.807) is 22.9 Å². The highest BCUT2D eigenvalue weighted by atomic mass is 32.2. The van der Waals surface area contributed by atoms with Crippen LogP contribution in [0.1, 0.15) is 24.0 Å². The number of hydrogen-bond acceptors (Lipinski definition) is 4. The third-order valence-electron chi connectivity index (χ3n) is 5.01. The second-order valence-corrected chi connectivity index (χ2v) is 8.30. The van der Waals surface area contributed by atoms with Gasteiger partial charge in [-0.25, -0.2) is 0 Å². The predicted octanol–water partition coefficient (Wildman–Crippen LogP) is 3.47. The van der Waals surface area contributed by atoms with Gasteiger partial charge in [0.15, 0.2) is 0 Å². The zero-order valence-corrected chi connectivity index (χ0v) is 17.5. The van der Waals surface area contributed by atoms with E-state index < -0.39 is 0 Å². The Bertz CT molecular complexity index is 1000. The second kappa shape index (κ2) is 9.63. The summed E-state index contributed by atoms with van der Waals surface area (Å²) < 4.78 is 1.87. The number of rotatable bonds is 7. The Labute approximate surface area is 180 Å². The molecule has 1 aliphatic rings. The number of nitrogens with zero attached hydrogens (tertiary/aromatic N) is 3. The van der Waals surface area contributed by atoms with Gasteiger partial charge < -0.3 is 10.2 Å². The van der Waals surface area contributed by atoms with Crippen molar-refractivity contribution in [1.29, 1.82) is 0 Å². The van der Waals surface area contributed by atoms with E-state index in [4.69, 9.17) is 0 Å². The van der Waals surface area contributed by atoms with Gasteiger partial charge in [0.25, 0.3) is 0 Å². The number of fused-ring (bicyclic) bond motifs is 1. The third-order valence-corrected chi connectivity index (χ3v) is 6.05. The molecule has 2 amide bonds. The average Bonchev–Trinajstić information content (AvgIpc) is 3.29. The van der Waals surface area contributed by atoms with E-state index in [2.05, 4.69) is 10.4 Å². The lowest BCUT2D eigenvalue weighted by Gasteiger charge is -2.29. The van der Waals surface area contributed by atoms with Crippen molar-refractivity contribution in [2.24, 2.45) is 0 Å². The number of hydrogen-bond donors (Lipinski definition) is 1. The first kappa shape index (κ1) is 20.2. The van der Waals surface area contributed by atoms with Crippen LogP contribution in [-0.2, 0) is 22.7 Å². The quantitative estimate of drug-likeness (QED) is 0.636. The molecule has 2 aromatic carbocycles. The molecule has 7 heteroatoms.